The van der Waals surface area contributed by atoms with Crippen molar-refractivity contribution in [3.05, 3.63) is 17.7 Å². The number of hydrogen-bond donors (Lipinski definition) is 3. The van der Waals surface area contributed by atoms with Crippen molar-refractivity contribution in [2.75, 3.05) is 20.0 Å². The summed E-state index contributed by atoms with van der Waals surface area (Å²) in [6.45, 7) is 5.07. The molecular formula is C14H22N2O4. The number of nitrogens with one attached hydrogen (secondary N) is 1. The first-order chi connectivity index (χ1) is 9.22. The van der Waals surface area contributed by atoms with Gasteiger partial charge in [0.15, 0.2) is 11.5 Å². The summed E-state index contributed by atoms with van der Waals surface area (Å²) < 4.78 is 10.3. The third kappa shape index (κ3) is 3.33. The molecular weight excluding hydrogens is 260 g/mol. The van der Waals surface area contributed by atoms with Gasteiger partial charge in [-0.15, -0.1) is 0 Å². The second-order valence-electron chi connectivity index (χ2n) is 5.15. The number of nitrogens with two attached hydrogens (primary N) is 1. The molecule has 0 aliphatic heterocycles. The molecule has 1 amide bonds. The first kappa shape index (κ1) is 16.1. The van der Waals surface area contributed by atoms with Crippen molar-refractivity contribution in [2.24, 2.45) is 0 Å². The number of aliphatic hydroxyl groups excluding tert-OH is 1. The summed E-state index contributed by atoms with van der Waals surface area (Å²) in [6.07, 6.45) is -0.701. The minimum Gasteiger partial charge on any atom is -0.493 e. The molecule has 6 nitrogen and oxygen atoms in total. The van der Waals surface area contributed by atoms with Crippen LogP contribution in [0.25, 0.3) is 0 Å². The fourth-order valence-corrected chi connectivity index (χ4v) is 1.56. The quantitative estimate of drug-likeness (QED) is 0.705. The molecule has 4 N–H and O–H groups in total. The molecule has 112 valence electrons. The number of anilines is 1. The van der Waals surface area contributed by atoms with Gasteiger partial charge in [-0.05, 0) is 26.8 Å². The zero-order valence-electron chi connectivity index (χ0n) is 12.5. The predicted octanol–water partition coefficient (Wildman–Crippen LogP) is 1.18. The number of carbonyl (C=O) groups excluding carboxylic acids is 1. The molecule has 0 fully saturated rings. The van der Waals surface area contributed by atoms with Crippen molar-refractivity contribution in [3.63, 3.8) is 0 Å². The fraction of sp³-hybridized carbons (Fsp3) is 0.500. The monoisotopic (exact) mass is 282 g/mol. The first-order valence-corrected chi connectivity index (χ1v) is 6.25. The van der Waals surface area contributed by atoms with Crippen molar-refractivity contribution in [3.8, 4) is 11.5 Å². The predicted molar refractivity (Wildman–Crippen MR) is 77.2 cm³/mol. The lowest BCUT2D eigenvalue weighted by molar-refractivity contribution is 0.0710. The molecule has 0 heterocycles. The number of rotatable bonds is 5. The van der Waals surface area contributed by atoms with Gasteiger partial charge in [0.1, 0.15) is 0 Å². The highest BCUT2D eigenvalue weighted by molar-refractivity contribution is 6.00. The molecule has 0 aliphatic carbocycles. The number of hydrogen-bond acceptors (Lipinski definition) is 5. The zero-order valence-corrected chi connectivity index (χ0v) is 12.5. The van der Waals surface area contributed by atoms with Crippen molar-refractivity contribution in [2.45, 2.75) is 32.4 Å². The number of benzene rings is 1. The van der Waals surface area contributed by atoms with E-state index in [1.54, 1.807) is 20.8 Å². The van der Waals surface area contributed by atoms with Gasteiger partial charge < -0.3 is 25.6 Å². The summed E-state index contributed by atoms with van der Waals surface area (Å²) in [7, 11) is 2.98. The largest absolute Gasteiger partial charge is 0.493 e. The van der Waals surface area contributed by atoms with E-state index in [0.717, 1.165) is 0 Å². The minimum atomic E-state index is -0.767. The zero-order chi connectivity index (χ0) is 15.5. The van der Waals surface area contributed by atoms with Gasteiger partial charge in [-0.3, -0.25) is 4.79 Å². The van der Waals surface area contributed by atoms with Crippen LogP contribution in [0.2, 0.25) is 0 Å². The SMILES string of the molecule is COc1cc(N)c(C(=O)NC(C)(C)C(C)O)cc1OC. The van der Waals surface area contributed by atoms with Crippen molar-refractivity contribution < 1.29 is 19.4 Å². The van der Waals surface area contributed by atoms with Gasteiger partial charge in [-0.1, -0.05) is 0 Å². The maximum absolute atomic E-state index is 12.3. The van der Waals surface area contributed by atoms with Crippen LogP contribution in [0, 0.1) is 0 Å². The maximum atomic E-state index is 12.3. The summed E-state index contributed by atoms with van der Waals surface area (Å²) in [5.41, 5.74) is 5.64. The van der Waals surface area contributed by atoms with E-state index in [4.69, 9.17) is 15.2 Å². The Hall–Kier alpha value is -1.95. The van der Waals surface area contributed by atoms with Gasteiger partial charge in [0, 0.05) is 11.8 Å². The number of carbonyl (C=O) groups is 1. The van der Waals surface area contributed by atoms with Crippen LogP contribution in [0.5, 0.6) is 11.5 Å². The third-order valence-corrected chi connectivity index (χ3v) is 3.28. The standard InChI is InChI=1S/C14H22N2O4/c1-8(17)14(2,3)16-13(18)9-6-11(19-4)12(20-5)7-10(9)15/h6-8,17H,15H2,1-5H3,(H,16,18). The van der Waals surface area contributed by atoms with Crippen LogP contribution < -0.4 is 20.5 Å². The molecule has 1 aromatic carbocycles. The lowest BCUT2D eigenvalue weighted by atomic mass is 9.98. The van der Waals surface area contributed by atoms with E-state index in [1.165, 1.54) is 26.4 Å². The van der Waals surface area contributed by atoms with E-state index in [2.05, 4.69) is 5.32 Å². The number of aliphatic hydroxyl groups is 1. The van der Waals surface area contributed by atoms with Crippen molar-refractivity contribution in [1.29, 1.82) is 0 Å². The fourth-order valence-electron chi connectivity index (χ4n) is 1.56. The van der Waals surface area contributed by atoms with Crippen LogP contribution >= 0.6 is 0 Å². The molecule has 0 spiro atoms. The molecule has 0 saturated carbocycles. The molecule has 0 aromatic heterocycles. The van der Waals surface area contributed by atoms with Gasteiger partial charge in [0.05, 0.1) is 31.4 Å². The second-order valence-corrected chi connectivity index (χ2v) is 5.15. The van der Waals surface area contributed by atoms with E-state index < -0.39 is 11.6 Å². The van der Waals surface area contributed by atoms with E-state index in [1.807, 2.05) is 0 Å². The Balaban J connectivity index is 3.11. The Morgan fingerprint density at radius 2 is 1.80 bits per heavy atom. The van der Waals surface area contributed by atoms with Gasteiger partial charge in [-0.25, -0.2) is 0 Å². The van der Waals surface area contributed by atoms with Gasteiger partial charge in [0.25, 0.3) is 5.91 Å². The third-order valence-electron chi connectivity index (χ3n) is 3.28. The van der Waals surface area contributed by atoms with Crippen molar-refractivity contribution in [1.82, 2.24) is 5.32 Å². The molecule has 1 aromatic rings. The van der Waals surface area contributed by atoms with Crippen LogP contribution in [-0.4, -0.2) is 36.9 Å². The lowest BCUT2D eigenvalue weighted by Crippen LogP contribution is -2.51. The average molecular weight is 282 g/mol. The Labute approximate surface area is 118 Å². The smallest absolute Gasteiger partial charge is 0.254 e. The number of methoxy groups -OCH3 is 2. The number of ether oxygens (including phenoxy) is 2. The van der Waals surface area contributed by atoms with Crippen LogP contribution in [0.15, 0.2) is 12.1 Å². The summed E-state index contributed by atoms with van der Waals surface area (Å²) >= 11 is 0. The molecule has 6 heteroatoms. The Morgan fingerprint density at radius 3 is 2.25 bits per heavy atom. The van der Waals surface area contributed by atoms with Gasteiger partial charge in [-0.2, -0.15) is 0 Å². The van der Waals surface area contributed by atoms with E-state index >= 15 is 0 Å². The van der Waals surface area contributed by atoms with Gasteiger partial charge >= 0.3 is 0 Å². The molecule has 0 radical (unpaired) electrons. The normalized spacial score (nSPS) is 12.7. The highest BCUT2D eigenvalue weighted by Gasteiger charge is 2.27. The number of nitrogen functional groups attached to an aromatic ring is 1. The van der Waals surface area contributed by atoms with Crippen LogP contribution in [-0.2, 0) is 0 Å². The van der Waals surface area contributed by atoms with E-state index in [0.29, 0.717) is 11.5 Å². The summed E-state index contributed by atoms with van der Waals surface area (Å²) in [5.74, 6) is 0.493. The van der Waals surface area contributed by atoms with E-state index in [9.17, 15) is 9.90 Å². The molecule has 0 aliphatic rings. The van der Waals surface area contributed by atoms with Crippen molar-refractivity contribution >= 4 is 11.6 Å². The molecule has 0 saturated heterocycles. The van der Waals surface area contributed by atoms with Crippen LogP contribution in [0.4, 0.5) is 5.69 Å². The molecule has 0 bridgehead atoms. The minimum absolute atomic E-state index is 0.274. The summed E-state index contributed by atoms with van der Waals surface area (Å²) in [4.78, 5) is 12.3. The highest BCUT2D eigenvalue weighted by Crippen LogP contribution is 2.32. The topological polar surface area (TPSA) is 93.8 Å². The maximum Gasteiger partial charge on any atom is 0.254 e. The summed E-state index contributed by atoms with van der Waals surface area (Å²) in [5, 5.41) is 12.4. The Bertz CT molecular complexity index is 498. The van der Waals surface area contributed by atoms with Crippen LogP contribution in [0.1, 0.15) is 31.1 Å². The average Bonchev–Trinajstić information content (AvgIpc) is 2.37. The number of amides is 1. The molecule has 1 atom stereocenters. The molecule has 20 heavy (non-hydrogen) atoms. The van der Waals surface area contributed by atoms with Gasteiger partial charge in [0.2, 0.25) is 0 Å². The Morgan fingerprint density at radius 1 is 1.30 bits per heavy atom. The summed E-state index contributed by atoms with van der Waals surface area (Å²) in [6, 6.07) is 3.05. The molecule has 1 rings (SSSR count). The molecule has 1 unspecified atom stereocenters. The lowest BCUT2D eigenvalue weighted by Gasteiger charge is -2.29. The second kappa shape index (κ2) is 6.00. The Kier molecular flexibility index (Phi) is 4.83. The van der Waals surface area contributed by atoms with Crippen LogP contribution in [0.3, 0.4) is 0 Å². The van der Waals surface area contributed by atoms with E-state index in [-0.39, 0.29) is 17.2 Å². The highest BCUT2D eigenvalue weighted by atomic mass is 16.5. The first-order valence-electron chi connectivity index (χ1n) is 6.25.